The molecule has 9 amide bonds. The number of urea groups is 1. The van der Waals surface area contributed by atoms with E-state index in [1.807, 2.05) is 47.4 Å². The summed E-state index contributed by atoms with van der Waals surface area (Å²) in [4.78, 5) is 193. The molecule has 1 aromatic heterocycles. The van der Waals surface area contributed by atoms with Gasteiger partial charge in [-0.2, -0.15) is 0 Å². The highest BCUT2D eigenvalue weighted by Crippen LogP contribution is 2.29. The number of anilines is 1. The topological polar surface area (TPSA) is 474 Å². The van der Waals surface area contributed by atoms with Crippen LogP contribution in [-0.4, -0.2) is 277 Å². The predicted octanol–water partition coefficient (Wildman–Crippen LogP) is 1.81. The molecule has 0 radical (unpaired) electrons. The summed E-state index contributed by atoms with van der Waals surface area (Å²) >= 11 is 0. The summed E-state index contributed by atoms with van der Waals surface area (Å²) in [6.07, 6.45) is 2.52. The summed E-state index contributed by atoms with van der Waals surface area (Å²) in [5.74, 6) is -11.2. The number of nitrogens with zero attached hydrogens (tertiary/aromatic N) is 7. The fraction of sp³-hybridized carbons (Fsp3) is 0.507. The zero-order valence-electron chi connectivity index (χ0n) is 58.4. The van der Waals surface area contributed by atoms with Crippen molar-refractivity contribution in [1.29, 1.82) is 0 Å². The number of likely N-dealkylation sites (tertiary alicyclic amines) is 1. The first kappa shape index (κ1) is 81.6. The number of aliphatic carboxylic acids is 6. The highest BCUT2D eigenvalue weighted by atomic mass is 16.6. The number of hydrogen-bond acceptors (Lipinski definition) is 20. The smallest absolute Gasteiger partial charge is 0.419 e. The number of aromatic nitrogens is 1. The Bertz CT molecular complexity index is 3680. The summed E-state index contributed by atoms with van der Waals surface area (Å²) in [5.41, 5.74) is 1.59. The van der Waals surface area contributed by atoms with E-state index in [-0.39, 0.29) is 151 Å². The van der Waals surface area contributed by atoms with Gasteiger partial charge in [-0.1, -0.05) is 54.6 Å². The predicted molar refractivity (Wildman–Crippen MR) is 375 cm³/mol. The first-order chi connectivity index (χ1) is 50.2. The second-order valence-electron chi connectivity index (χ2n) is 26.4. The van der Waals surface area contributed by atoms with E-state index in [9.17, 15) is 97.8 Å². The lowest BCUT2D eigenvalue weighted by molar-refractivity contribution is -0.143. The summed E-state index contributed by atoms with van der Waals surface area (Å²) in [6.45, 7) is 2.40. The zero-order valence-corrected chi connectivity index (χ0v) is 58.4. The number of carboxylic acid groups (broad SMARTS) is 6. The Morgan fingerprint density at radius 2 is 1.15 bits per heavy atom. The Labute approximate surface area is 605 Å². The van der Waals surface area contributed by atoms with E-state index in [0.717, 1.165) is 16.3 Å². The molecule has 4 aromatic rings. The number of nitrogens with one attached hydrogen (secondary N) is 6. The number of carbonyl (C=O) groups is 14. The third-order valence-corrected chi connectivity index (χ3v) is 18.6. The van der Waals surface area contributed by atoms with Crippen LogP contribution in [0.1, 0.15) is 99.0 Å². The Morgan fingerprint density at radius 1 is 0.571 bits per heavy atom. The number of carboxylic acids is 6. The van der Waals surface area contributed by atoms with Gasteiger partial charge in [0.2, 0.25) is 29.5 Å². The molecule has 7 rings (SSSR count). The van der Waals surface area contributed by atoms with Crippen LogP contribution in [0.5, 0.6) is 0 Å². The maximum atomic E-state index is 14.1. The lowest BCUT2D eigenvalue weighted by Crippen LogP contribution is -2.56. The summed E-state index contributed by atoms with van der Waals surface area (Å²) in [5, 5.41) is 76.7. The Hall–Kier alpha value is -10.7. The fourth-order valence-electron chi connectivity index (χ4n) is 12.8. The van der Waals surface area contributed by atoms with Crippen molar-refractivity contribution in [2.75, 3.05) is 103 Å². The van der Waals surface area contributed by atoms with E-state index in [1.165, 1.54) is 60.6 Å². The van der Waals surface area contributed by atoms with Gasteiger partial charge in [0.25, 0.3) is 5.91 Å². The molecule has 2 saturated heterocycles. The molecule has 3 heterocycles. The number of rotatable bonds is 34. The van der Waals surface area contributed by atoms with Crippen molar-refractivity contribution < 1.29 is 102 Å². The molecule has 34 nitrogen and oxygen atoms in total. The number of ether oxygens (including phenoxy) is 1. The number of imide groups is 1. The van der Waals surface area contributed by atoms with Gasteiger partial charge in [0.1, 0.15) is 36.8 Å². The third kappa shape index (κ3) is 26.8. The average Bonchev–Trinajstić information content (AvgIpc) is 1.76. The molecule has 105 heavy (non-hydrogen) atoms. The van der Waals surface area contributed by atoms with E-state index < -0.39 is 127 Å². The zero-order chi connectivity index (χ0) is 76.1. The van der Waals surface area contributed by atoms with Crippen molar-refractivity contribution in [2.24, 2.45) is 11.8 Å². The van der Waals surface area contributed by atoms with E-state index in [0.29, 0.717) is 50.6 Å². The molecule has 0 bridgehead atoms. The Kier molecular flexibility index (Phi) is 31.8. The third-order valence-electron chi connectivity index (χ3n) is 18.6. The number of unbranched alkanes of at least 4 members (excludes halogenated alkanes) is 1. The molecule has 3 aromatic carbocycles. The highest BCUT2D eigenvalue weighted by Gasteiger charge is 2.40. The lowest BCUT2D eigenvalue weighted by Gasteiger charge is -2.33. The first-order valence-corrected chi connectivity index (χ1v) is 34.9. The first-order valence-electron chi connectivity index (χ1n) is 34.9. The van der Waals surface area contributed by atoms with E-state index in [1.54, 1.807) is 14.7 Å². The van der Waals surface area contributed by atoms with Gasteiger partial charge < -0.3 is 72.2 Å². The fourth-order valence-corrected chi connectivity index (χ4v) is 12.8. The molecular weight excluding hydrogens is 1370 g/mol. The molecule has 12 N–H and O–H groups in total. The standard InChI is InChI=1S/C71H93N13O21/c1-45(75-63(94)51-23-26-72-27-24-51)67(98)83-28-6-10-56(83)66(97)76-53-19-14-47(15-20-53)44-105-71(104)84(57(69(101)102)21-22-59(86)87)70(103)78-54(68(99)100)9-4-5-25-73-65(96)55(38-48-13-16-49-7-2-3-8-52(49)37-48)77-64(95)50-17-11-46(12-18-50)39-74-58(85)40-79-29-31-80(41-60(88)89)33-35-82(43-62(92)93)36-34-81(32-30-79)42-61(90)91/h2-3,7-8,13-16,19-20,23-24,26-27,37,45-46,50,54-57H,4-6,9-12,17-18,21-22,25,28-36,38-44H2,1H3,(H,73,96)(H,74,85)(H,75,94)(H,76,97)(H,77,95)(H,78,103)(H,86,87)(H,88,89)(H,90,91)(H,92,93)(H,99,100)(H,101,102)/t45-,46-,50-,54+,55+,56+,57+/m1/s1. The van der Waals surface area contributed by atoms with E-state index in [2.05, 4.69) is 36.9 Å². The normalized spacial score (nSPS) is 18.2. The van der Waals surface area contributed by atoms with Crippen molar-refractivity contribution in [3.8, 4) is 0 Å². The Balaban J connectivity index is 0.902. The number of amides is 9. The lowest BCUT2D eigenvalue weighted by atomic mass is 9.81. The molecule has 34 heteroatoms. The molecule has 2 aliphatic heterocycles. The van der Waals surface area contributed by atoms with Crippen LogP contribution in [0, 0.1) is 11.8 Å². The van der Waals surface area contributed by atoms with Crippen LogP contribution in [0.2, 0.25) is 0 Å². The number of hydrogen-bond donors (Lipinski definition) is 12. The largest absolute Gasteiger partial charge is 0.481 e. The van der Waals surface area contributed by atoms with Crippen molar-refractivity contribution in [3.05, 3.63) is 108 Å². The second kappa shape index (κ2) is 41.0. The molecule has 0 spiro atoms. The monoisotopic (exact) mass is 1460 g/mol. The molecule has 3 aliphatic rings. The van der Waals surface area contributed by atoms with Gasteiger partial charge in [-0.15, -0.1) is 0 Å². The number of benzene rings is 3. The van der Waals surface area contributed by atoms with Crippen molar-refractivity contribution in [1.82, 2.24) is 61.0 Å². The molecule has 3 fully saturated rings. The van der Waals surface area contributed by atoms with Gasteiger partial charge in [0.05, 0.1) is 26.2 Å². The quantitative estimate of drug-likeness (QED) is 0.0297. The van der Waals surface area contributed by atoms with Crippen molar-refractivity contribution in [3.63, 3.8) is 0 Å². The minimum absolute atomic E-state index is 0.00506. The van der Waals surface area contributed by atoms with Crippen LogP contribution in [-0.2, 0) is 70.5 Å². The van der Waals surface area contributed by atoms with Gasteiger partial charge in [0, 0.05) is 114 Å². The van der Waals surface area contributed by atoms with Gasteiger partial charge >= 0.3 is 47.9 Å². The Morgan fingerprint density at radius 3 is 1.72 bits per heavy atom. The molecular formula is C71H93N13O21. The molecule has 5 atom stereocenters. The van der Waals surface area contributed by atoms with Crippen LogP contribution in [0.4, 0.5) is 15.3 Å². The molecule has 568 valence electrons. The molecule has 0 unspecified atom stereocenters. The van der Waals surface area contributed by atoms with Crippen LogP contribution < -0.4 is 31.9 Å². The second-order valence-corrected chi connectivity index (χ2v) is 26.4. The average molecular weight is 1460 g/mol. The summed E-state index contributed by atoms with van der Waals surface area (Å²) in [6, 6.07) is 13.7. The number of pyridine rings is 1. The van der Waals surface area contributed by atoms with Crippen LogP contribution in [0.25, 0.3) is 10.8 Å². The highest BCUT2D eigenvalue weighted by molar-refractivity contribution is 6.01. The number of fused-ring (bicyclic) bond motifs is 1. The van der Waals surface area contributed by atoms with E-state index in [4.69, 9.17) is 4.74 Å². The molecule has 1 aliphatic carbocycles. The van der Waals surface area contributed by atoms with Crippen LogP contribution in [0.15, 0.2) is 91.3 Å². The maximum absolute atomic E-state index is 14.1. The van der Waals surface area contributed by atoms with E-state index >= 15 is 0 Å². The number of carbonyl (C=O) groups excluding carboxylic acids is 8. The minimum Gasteiger partial charge on any atom is -0.481 e. The van der Waals surface area contributed by atoms with Crippen LogP contribution in [0.3, 0.4) is 0 Å². The van der Waals surface area contributed by atoms with Gasteiger partial charge in [-0.3, -0.25) is 72.5 Å². The minimum atomic E-state index is -2.15. The van der Waals surface area contributed by atoms with Gasteiger partial charge in [-0.25, -0.2) is 24.1 Å². The van der Waals surface area contributed by atoms with Crippen LogP contribution >= 0.6 is 0 Å². The summed E-state index contributed by atoms with van der Waals surface area (Å²) in [7, 11) is 0. The van der Waals surface area contributed by atoms with Crippen molar-refractivity contribution in [2.45, 2.75) is 121 Å². The van der Waals surface area contributed by atoms with Crippen molar-refractivity contribution >= 4 is 99.8 Å². The maximum Gasteiger partial charge on any atom is 0.419 e. The SMILES string of the molecule is C[C@@H](NC(=O)c1ccncc1)C(=O)N1CCC[C@H]1C(=O)Nc1ccc(COC(=O)N(C(=O)N[C@@H](CCCCNC(=O)[C@H](Cc2ccc3ccccc3c2)NC(=O)[C@H]2CC[C@H](CNC(=O)CN3CCN(CC(=O)O)CCN(CC(=O)O)CCN(CC(=O)O)CC3)CC2)C(=O)O)[C@@H](CCC(=O)O)C(=O)O)cc1. The van der Waals surface area contributed by atoms with Gasteiger partial charge in [-0.05, 0) is 123 Å². The molecule has 1 saturated carbocycles. The summed E-state index contributed by atoms with van der Waals surface area (Å²) < 4.78 is 5.35. The van der Waals surface area contributed by atoms with Gasteiger partial charge in [0.15, 0.2) is 0 Å².